The fourth-order valence-corrected chi connectivity index (χ4v) is 4.94. The minimum atomic E-state index is -0.657. The number of hydrogen-bond donors (Lipinski definition) is 4. The Bertz CT molecular complexity index is 1900. The second-order valence-corrected chi connectivity index (χ2v) is 12.8. The zero-order valence-corrected chi connectivity index (χ0v) is 38.8. The van der Waals surface area contributed by atoms with Crippen LogP contribution in [-0.4, -0.2) is 90.7 Å². The topological polar surface area (TPSA) is 158 Å². The van der Waals surface area contributed by atoms with E-state index in [9.17, 15) is 19.2 Å². The summed E-state index contributed by atoms with van der Waals surface area (Å²) >= 11 is 0. The Morgan fingerprint density at radius 1 is 0.730 bits per heavy atom. The molecule has 0 aliphatic carbocycles. The largest absolute Gasteiger partial charge is 0.453 e. The summed E-state index contributed by atoms with van der Waals surface area (Å²) in [6, 6.07) is 15.6. The monoisotopic (exact) mass is 864 g/mol. The molecule has 0 aliphatic rings. The van der Waals surface area contributed by atoms with Crippen LogP contribution in [0.5, 0.6) is 0 Å². The van der Waals surface area contributed by atoms with Crippen molar-refractivity contribution in [1.29, 1.82) is 0 Å². The van der Waals surface area contributed by atoms with E-state index in [0.717, 1.165) is 46.5 Å². The summed E-state index contributed by atoms with van der Waals surface area (Å²) in [5.41, 5.74) is 5.86. The van der Waals surface area contributed by atoms with Crippen molar-refractivity contribution in [3.05, 3.63) is 95.6 Å². The molecular formula is C50H69N7O6. The highest BCUT2D eigenvalue weighted by Crippen LogP contribution is 2.19. The third-order valence-corrected chi connectivity index (χ3v) is 7.53. The summed E-state index contributed by atoms with van der Waals surface area (Å²) in [7, 11) is 2.50. The van der Waals surface area contributed by atoms with Crippen LogP contribution < -0.4 is 16.0 Å². The first-order valence-corrected chi connectivity index (χ1v) is 20.5. The van der Waals surface area contributed by atoms with Crippen LogP contribution in [0.2, 0.25) is 0 Å². The third-order valence-electron chi connectivity index (χ3n) is 7.53. The number of allylic oxidation sites excluding steroid dienone is 1. The number of alkyl carbamates (subject to hydrolysis) is 2. The standard InChI is InChI=1S/C38H47N7O6.2C3H8.3C2H2/c1-7-20-44(35(46)23-40-37(48)50-5)25-27(4)42-32(9-3)30-16-12-28(13-17-30)10-11-29-14-18-31(19-15-29)33-22-39-34(43-33)26-45(21-8-2)36(47)24-41-38(49)51-6;2*1-3-2;3*1-2/h9,12-19,22,42H,4,7-8,20-21,23-26H2,1-3,5-6H3,(H,39,43)(H,40,48)(H,41,49);2*3H2,1-2H3;3*1-2H/b32-9-;;;;;. The molecule has 4 amide bonds. The summed E-state index contributed by atoms with van der Waals surface area (Å²) in [4.78, 5) is 59.0. The maximum Gasteiger partial charge on any atom is 0.407 e. The van der Waals surface area contributed by atoms with E-state index >= 15 is 0 Å². The Balaban J connectivity index is -0.00000272. The predicted molar refractivity (Wildman–Crippen MR) is 257 cm³/mol. The molecule has 0 atom stereocenters. The number of H-pyrrole nitrogens is 1. The molecule has 0 fully saturated rings. The van der Waals surface area contributed by atoms with Gasteiger partial charge in [-0.1, -0.05) is 103 Å². The average Bonchev–Trinajstić information content (AvgIpc) is 3.79. The van der Waals surface area contributed by atoms with Crippen molar-refractivity contribution < 1.29 is 28.7 Å². The van der Waals surface area contributed by atoms with E-state index in [1.165, 1.54) is 27.1 Å². The van der Waals surface area contributed by atoms with Crippen LogP contribution in [0.1, 0.15) is 96.7 Å². The highest BCUT2D eigenvalue weighted by atomic mass is 16.5. The van der Waals surface area contributed by atoms with Gasteiger partial charge in [-0.25, -0.2) is 14.6 Å². The first-order chi connectivity index (χ1) is 30.4. The van der Waals surface area contributed by atoms with Crippen LogP contribution in [0, 0.1) is 50.4 Å². The lowest BCUT2D eigenvalue weighted by Crippen LogP contribution is -2.42. The minimum Gasteiger partial charge on any atom is -0.453 e. The smallest absolute Gasteiger partial charge is 0.407 e. The number of imidazole rings is 1. The zero-order chi connectivity index (χ0) is 48.6. The van der Waals surface area contributed by atoms with E-state index in [2.05, 4.69) is 120 Å². The fraction of sp³-hybridized carbons (Fsp3) is 0.380. The van der Waals surface area contributed by atoms with E-state index in [0.29, 0.717) is 24.6 Å². The van der Waals surface area contributed by atoms with Gasteiger partial charge in [0.25, 0.3) is 0 Å². The summed E-state index contributed by atoms with van der Waals surface area (Å²) in [6.45, 7) is 19.8. The average molecular weight is 864 g/mol. The molecule has 0 aliphatic heterocycles. The molecule has 0 unspecified atom stereocenters. The molecule has 63 heavy (non-hydrogen) atoms. The molecule has 4 N–H and O–H groups in total. The van der Waals surface area contributed by atoms with Crippen LogP contribution in [0.3, 0.4) is 0 Å². The Morgan fingerprint density at radius 3 is 1.59 bits per heavy atom. The number of benzene rings is 2. The number of methoxy groups -OCH3 is 2. The van der Waals surface area contributed by atoms with Crippen LogP contribution in [0.4, 0.5) is 9.59 Å². The number of aromatic amines is 1. The Morgan fingerprint density at radius 2 is 1.16 bits per heavy atom. The number of aromatic nitrogens is 2. The molecule has 3 aromatic rings. The SMILES string of the molecule is C#C.C#C.C#C.C=C(CN(CCC)C(=O)CNC(=O)OC)N/C(=C\C)c1ccc(C#Cc2ccc(-c3cnc(CN(CCC)C(=O)CNC(=O)OC)[nH]3)cc2)cc1.CCC.CCC. The van der Waals surface area contributed by atoms with Crippen molar-refractivity contribution >= 4 is 29.7 Å². The number of carbonyl (C=O) groups excluding carboxylic acids is 4. The summed E-state index contributed by atoms with van der Waals surface area (Å²) in [5, 5.41) is 8.16. The number of terminal acetylenes is 3. The lowest BCUT2D eigenvalue weighted by atomic mass is 10.1. The molecule has 340 valence electrons. The second kappa shape index (κ2) is 38.8. The van der Waals surface area contributed by atoms with Gasteiger partial charge >= 0.3 is 12.2 Å². The van der Waals surface area contributed by atoms with E-state index in [1.807, 2.05) is 75.4 Å². The first kappa shape index (κ1) is 60.0. The van der Waals surface area contributed by atoms with Crippen LogP contribution in [-0.2, 0) is 25.6 Å². The molecule has 0 bridgehead atoms. The molecule has 2 aromatic carbocycles. The molecule has 13 heteroatoms. The van der Waals surface area contributed by atoms with Gasteiger partial charge in [0.1, 0.15) is 18.9 Å². The molecule has 3 rings (SSSR count). The first-order valence-electron chi connectivity index (χ1n) is 20.5. The molecule has 13 nitrogen and oxygen atoms in total. The van der Waals surface area contributed by atoms with Crippen molar-refractivity contribution in [3.63, 3.8) is 0 Å². The van der Waals surface area contributed by atoms with Crippen molar-refractivity contribution in [1.82, 2.24) is 35.7 Å². The van der Waals surface area contributed by atoms with E-state index in [-0.39, 0.29) is 38.0 Å². The van der Waals surface area contributed by atoms with Crippen molar-refractivity contribution in [2.45, 2.75) is 80.7 Å². The van der Waals surface area contributed by atoms with Gasteiger partial charge in [-0.3, -0.25) is 9.59 Å². The summed E-state index contributed by atoms with van der Waals surface area (Å²) in [6.07, 6.45) is 30.4. The maximum absolute atomic E-state index is 12.6. The quantitative estimate of drug-likeness (QED) is 0.105. The van der Waals surface area contributed by atoms with Gasteiger partial charge in [0.05, 0.1) is 39.2 Å². The predicted octanol–water partition coefficient (Wildman–Crippen LogP) is 8.21. The molecular weight excluding hydrogens is 795 g/mol. The Hall–Kier alpha value is -7.35. The number of carbonyl (C=O) groups is 4. The lowest BCUT2D eigenvalue weighted by Gasteiger charge is -2.24. The summed E-state index contributed by atoms with van der Waals surface area (Å²) < 4.78 is 9.09. The van der Waals surface area contributed by atoms with Gasteiger partial charge in [-0.05, 0) is 55.2 Å². The Labute approximate surface area is 377 Å². The number of nitrogens with one attached hydrogen (secondary N) is 4. The van der Waals surface area contributed by atoms with Gasteiger partial charge in [-0.2, -0.15) is 0 Å². The van der Waals surface area contributed by atoms with Crippen LogP contribution in [0.25, 0.3) is 17.0 Å². The fourth-order valence-electron chi connectivity index (χ4n) is 4.94. The number of hydrogen-bond acceptors (Lipinski definition) is 8. The molecule has 1 heterocycles. The van der Waals surface area contributed by atoms with E-state index in [1.54, 1.807) is 16.0 Å². The van der Waals surface area contributed by atoms with E-state index in [4.69, 9.17) is 0 Å². The third kappa shape index (κ3) is 25.8. The van der Waals surface area contributed by atoms with Gasteiger partial charge in [0.2, 0.25) is 11.8 Å². The van der Waals surface area contributed by atoms with Crippen molar-refractivity contribution in [2.75, 3.05) is 46.9 Å². The van der Waals surface area contributed by atoms with Gasteiger partial charge < -0.3 is 40.2 Å². The lowest BCUT2D eigenvalue weighted by molar-refractivity contribution is -0.131. The van der Waals surface area contributed by atoms with Crippen LogP contribution in [0.15, 0.2) is 73.1 Å². The molecule has 1 aromatic heterocycles. The number of ether oxygens (including phenoxy) is 2. The van der Waals surface area contributed by atoms with Crippen molar-refractivity contribution in [3.8, 4) is 61.6 Å². The van der Waals surface area contributed by atoms with Gasteiger partial charge in [0.15, 0.2) is 0 Å². The zero-order valence-electron chi connectivity index (χ0n) is 38.8. The molecule has 0 saturated carbocycles. The van der Waals surface area contributed by atoms with Crippen LogP contribution >= 0.6 is 0 Å². The van der Waals surface area contributed by atoms with Gasteiger partial charge in [-0.15, -0.1) is 38.5 Å². The highest BCUT2D eigenvalue weighted by Gasteiger charge is 2.17. The second-order valence-electron chi connectivity index (χ2n) is 12.8. The molecule has 0 radical (unpaired) electrons. The van der Waals surface area contributed by atoms with E-state index < -0.39 is 12.2 Å². The molecule has 0 saturated heterocycles. The normalized spacial score (nSPS) is 9.29. The summed E-state index contributed by atoms with van der Waals surface area (Å²) in [5.74, 6) is 6.60. The number of nitrogens with zero attached hydrogens (tertiary/aromatic N) is 3. The maximum atomic E-state index is 12.6. The number of rotatable bonds is 16. The van der Waals surface area contributed by atoms with Gasteiger partial charge in [0, 0.05) is 35.6 Å². The Kier molecular flexibility index (Phi) is 37.0. The molecule has 0 spiro atoms. The highest BCUT2D eigenvalue weighted by molar-refractivity contribution is 5.83. The number of amides is 4. The van der Waals surface area contributed by atoms with Crippen molar-refractivity contribution in [2.24, 2.45) is 0 Å². The minimum absolute atomic E-state index is 0.152.